The molecule has 0 aliphatic carbocycles. The molecule has 0 unspecified atom stereocenters. The van der Waals surface area contributed by atoms with Crippen molar-refractivity contribution in [3.63, 3.8) is 0 Å². The maximum Gasteiger partial charge on any atom is 0.371 e. The predicted octanol–water partition coefficient (Wildman–Crippen LogP) is 0.851. The number of aryl methyl sites for hydroxylation is 1. The van der Waals surface area contributed by atoms with Gasteiger partial charge in [0.25, 0.3) is 0 Å². The summed E-state index contributed by atoms with van der Waals surface area (Å²) in [6.07, 6.45) is 0. The molecule has 0 atom stereocenters. The van der Waals surface area contributed by atoms with Crippen LogP contribution in [0.25, 0.3) is 0 Å². The second-order valence-corrected chi connectivity index (χ2v) is 5.82. The van der Waals surface area contributed by atoms with E-state index in [1.54, 1.807) is 13.0 Å². The summed E-state index contributed by atoms with van der Waals surface area (Å²) in [5, 5.41) is 8.82. The number of carboxylic acids is 1. The molecular weight excluding hydrogens is 242 g/mol. The number of carbonyl (C=O) groups is 1. The monoisotopic (exact) mass is 257 g/mol. The summed E-state index contributed by atoms with van der Waals surface area (Å²) in [5.74, 6) is 0.983. The minimum absolute atomic E-state index is 0.0157. The van der Waals surface area contributed by atoms with E-state index in [0.717, 1.165) is 18.7 Å². The van der Waals surface area contributed by atoms with Crippen LogP contribution in [0.2, 0.25) is 0 Å². The van der Waals surface area contributed by atoms with Crippen molar-refractivity contribution >= 4 is 16.8 Å². The van der Waals surface area contributed by atoms with Crippen molar-refractivity contribution in [3.8, 4) is 0 Å². The van der Waals surface area contributed by atoms with Gasteiger partial charge in [0.2, 0.25) is 5.76 Å². The second kappa shape index (κ2) is 5.01. The molecule has 0 bridgehead atoms. The Balaban J connectivity index is 2.03. The van der Waals surface area contributed by atoms with Crippen molar-refractivity contribution in [2.75, 3.05) is 24.6 Å². The van der Waals surface area contributed by atoms with E-state index in [1.165, 1.54) is 0 Å². The van der Waals surface area contributed by atoms with Crippen molar-refractivity contribution in [1.82, 2.24) is 4.90 Å². The molecule has 17 heavy (non-hydrogen) atoms. The molecule has 2 heterocycles. The second-order valence-electron chi connectivity index (χ2n) is 4.12. The summed E-state index contributed by atoms with van der Waals surface area (Å²) < 4.78 is 16.4. The first kappa shape index (κ1) is 12.3. The summed E-state index contributed by atoms with van der Waals surface area (Å²) in [7, 11) is -0.686. The molecule has 1 aliphatic rings. The van der Waals surface area contributed by atoms with E-state index >= 15 is 0 Å². The number of rotatable bonds is 3. The van der Waals surface area contributed by atoms with E-state index in [4.69, 9.17) is 9.52 Å². The van der Waals surface area contributed by atoms with Crippen LogP contribution in [0.1, 0.15) is 21.9 Å². The predicted molar refractivity (Wildman–Crippen MR) is 63.6 cm³/mol. The molecule has 0 amide bonds. The van der Waals surface area contributed by atoms with Crippen LogP contribution in [0.5, 0.6) is 0 Å². The van der Waals surface area contributed by atoms with Crippen LogP contribution in [0.15, 0.2) is 10.5 Å². The summed E-state index contributed by atoms with van der Waals surface area (Å²) in [4.78, 5) is 12.9. The largest absolute Gasteiger partial charge is 0.475 e. The van der Waals surface area contributed by atoms with Crippen LogP contribution >= 0.6 is 0 Å². The van der Waals surface area contributed by atoms with E-state index in [0.29, 0.717) is 23.8 Å². The molecule has 1 N–H and O–H groups in total. The van der Waals surface area contributed by atoms with E-state index in [9.17, 15) is 9.00 Å². The van der Waals surface area contributed by atoms with E-state index < -0.39 is 16.8 Å². The van der Waals surface area contributed by atoms with Gasteiger partial charge in [0.1, 0.15) is 5.76 Å². The van der Waals surface area contributed by atoms with Gasteiger partial charge in [-0.2, -0.15) is 0 Å². The molecule has 1 aromatic heterocycles. The molecule has 6 heteroatoms. The Labute approximate surface area is 102 Å². The van der Waals surface area contributed by atoms with Crippen molar-refractivity contribution in [2.45, 2.75) is 13.5 Å². The lowest BCUT2D eigenvalue weighted by molar-refractivity contribution is 0.0661. The smallest absolute Gasteiger partial charge is 0.371 e. The summed E-state index contributed by atoms with van der Waals surface area (Å²) >= 11 is 0. The fourth-order valence-electron chi connectivity index (χ4n) is 1.86. The van der Waals surface area contributed by atoms with E-state index in [1.807, 2.05) is 0 Å². The van der Waals surface area contributed by atoms with Gasteiger partial charge in [-0.1, -0.05) is 0 Å². The number of hydrogen-bond acceptors (Lipinski definition) is 4. The first-order valence-corrected chi connectivity index (χ1v) is 6.95. The van der Waals surface area contributed by atoms with Gasteiger partial charge in [-0.15, -0.1) is 0 Å². The Morgan fingerprint density at radius 1 is 1.53 bits per heavy atom. The Kier molecular flexibility index (Phi) is 3.63. The third kappa shape index (κ3) is 2.95. The molecule has 2 rings (SSSR count). The molecule has 1 aliphatic heterocycles. The van der Waals surface area contributed by atoms with Gasteiger partial charge in [0.15, 0.2) is 0 Å². The highest BCUT2D eigenvalue weighted by atomic mass is 32.2. The van der Waals surface area contributed by atoms with Gasteiger partial charge < -0.3 is 9.52 Å². The van der Waals surface area contributed by atoms with Gasteiger partial charge in [0, 0.05) is 47.5 Å². The normalized spacial score (nSPS) is 18.4. The Morgan fingerprint density at radius 2 is 2.18 bits per heavy atom. The molecule has 0 saturated carbocycles. The lowest BCUT2D eigenvalue weighted by Gasteiger charge is -2.25. The zero-order valence-corrected chi connectivity index (χ0v) is 10.5. The van der Waals surface area contributed by atoms with Crippen LogP contribution in [-0.2, 0) is 17.3 Å². The molecule has 0 spiro atoms. The molecule has 1 aromatic rings. The first-order chi connectivity index (χ1) is 8.06. The molecule has 94 valence electrons. The SMILES string of the molecule is Cc1oc(C(=O)O)cc1CN1CCS(=O)CC1. The highest BCUT2D eigenvalue weighted by molar-refractivity contribution is 7.85. The number of hydrogen-bond donors (Lipinski definition) is 1. The standard InChI is InChI=1S/C11H15NO4S/c1-8-9(6-10(16-8)11(13)14)7-12-2-4-17(15)5-3-12/h6H,2-5,7H2,1H3,(H,13,14). The molecule has 5 nitrogen and oxygen atoms in total. The summed E-state index contributed by atoms with van der Waals surface area (Å²) in [5.41, 5.74) is 0.898. The minimum Gasteiger partial charge on any atom is -0.475 e. The molecular formula is C11H15NO4S. The fourth-order valence-corrected chi connectivity index (χ4v) is 2.98. The molecule has 1 fully saturated rings. The number of aromatic carboxylic acids is 1. The fraction of sp³-hybridized carbons (Fsp3) is 0.545. The average Bonchev–Trinajstić information content (AvgIpc) is 2.64. The molecule has 0 radical (unpaired) electrons. The third-order valence-electron chi connectivity index (χ3n) is 2.90. The van der Waals surface area contributed by atoms with Gasteiger partial charge in [-0.05, 0) is 13.0 Å². The number of carboxylic acid groups (broad SMARTS) is 1. The van der Waals surface area contributed by atoms with Gasteiger partial charge in [0.05, 0.1) is 0 Å². The van der Waals surface area contributed by atoms with Crippen LogP contribution < -0.4 is 0 Å². The van der Waals surface area contributed by atoms with Crippen LogP contribution in [0.4, 0.5) is 0 Å². The molecule has 0 aromatic carbocycles. The minimum atomic E-state index is -1.04. The summed E-state index contributed by atoms with van der Waals surface area (Å²) in [6.45, 7) is 4.02. The lowest BCUT2D eigenvalue weighted by Crippen LogP contribution is -2.37. The maximum absolute atomic E-state index is 11.2. The quantitative estimate of drug-likeness (QED) is 0.869. The molecule has 1 saturated heterocycles. The Morgan fingerprint density at radius 3 is 2.71 bits per heavy atom. The maximum atomic E-state index is 11.2. The van der Waals surface area contributed by atoms with Gasteiger partial charge in [-0.25, -0.2) is 4.79 Å². The van der Waals surface area contributed by atoms with E-state index in [2.05, 4.69) is 4.90 Å². The van der Waals surface area contributed by atoms with E-state index in [-0.39, 0.29) is 5.76 Å². The van der Waals surface area contributed by atoms with Crippen molar-refractivity contribution in [1.29, 1.82) is 0 Å². The Hall–Kier alpha value is -1.14. The van der Waals surface area contributed by atoms with Crippen LogP contribution in [0.3, 0.4) is 0 Å². The zero-order chi connectivity index (χ0) is 12.4. The summed E-state index contributed by atoms with van der Waals surface area (Å²) in [6, 6.07) is 1.57. The number of nitrogens with zero attached hydrogens (tertiary/aromatic N) is 1. The lowest BCUT2D eigenvalue weighted by atomic mass is 10.2. The van der Waals surface area contributed by atoms with Gasteiger partial charge in [-0.3, -0.25) is 9.11 Å². The third-order valence-corrected chi connectivity index (χ3v) is 4.17. The van der Waals surface area contributed by atoms with Crippen LogP contribution in [0, 0.1) is 6.92 Å². The first-order valence-electron chi connectivity index (χ1n) is 5.46. The number of furan rings is 1. The Bertz CT molecular complexity index is 444. The van der Waals surface area contributed by atoms with Crippen molar-refractivity contribution < 1.29 is 18.5 Å². The highest BCUT2D eigenvalue weighted by Crippen LogP contribution is 2.17. The van der Waals surface area contributed by atoms with Crippen molar-refractivity contribution in [2.24, 2.45) is 0 Å². The van der Waals surface area contributed by atoms with Crippen LogP contribution in [-0.4, -0.2) is 44.8 Å². The average molecular weight is 257 g/mol. The van der Waals surface area contributed by atoms with Gasteiger partial charge >= 0.3 is 5.97 Å². The zero-order valence-electron chi connectivity index (χ0n) is 9.64. The van der Waals surface area contributed by atoms with Crippen molar-refractivity contribution in [3.05, 3.63) is 23.2 Å². The topological polar surface area (TPSA) is 70.8 Å². The highest BCUT2D eigenvalue weighted by Gasteiger charge is 2.19.